The summed E-state index contributed by atoms with van der Waals surface area (Å²) >= 11 is 0. The molecule has 0 radical (unpaired) electrons. The minimum absolute atomic E-state index is 0.0868. The monoisotopic (exact) mass is 365 g/mol. The molecule has 1 aliphatic rings. The molecule has 0 fully saturated rings. The summed E-state index contributed by atoms with van der Waals surface area (Å²) in [4.78, 5) is 0. The fraction of sp³-hybridized carbons (Fsp3) is 0.111. The first-order valence-corrected chi connectivity index (χ1v) is 9.43. The summed E-state index contributed by atoms with van der Waals surface area (Å²) in [5.41, 5.74) is 9.13. The van der Waals surface area contributed by atoms with Gasteiger partial charge in [-0.05, 0) is 57.7 Å². The fourth-order valence-corrected chi connectivity index (χ4v) is 3.91. The van der Waals surface area contributed by atoms with Crippen molar-refractivity contribution in [1.82, 2.24) is 0 Å². The van der Waals surface area contributed by atoms with Gasteiger partial charge < -0.3 is 5.32 Å². The average molecular weight is 366 g/mol. The second-order valence-electron chi connectivity index (χ2n) is 7.39. The molecule has 0 unspecified atom stereocenters. The molecule has 0 heterocycles. The summed E-state index contributed by atoms with van der Waals surface area (Å²) in [5, 5.41) is 3.52. The summed E-state index contributed by atoms with van der Waals surface area (Å²) in [6.45, 7) is 20.1. The fourth-order valence-electron chi connectivity index (χ4n) is 3.91. The van der Waals surface area contributed by atoms with Crippen LogP contribution in [-0.2, 0) is 5.41 Å². The van der Waals surface area contributed by atoms with Gasteiger partial charge in [0.05, 0.1) is 0 Å². The number of hydrogen-bond donors (Lipinski definition) is 1. The number of rotatable bonds is 7. The van der Waals surface area contributed by atoms with Crippen molar-refractivity contribution in [3.05, 3.63) is 121 Å². The molecule has 3 rings (SSSR count). The Balaban J connectivity index is 1.90. The second kappa shape index (κ2) is 7.74. The predicted molar refractivity (Wildman–Crippen MR) is 125 cm³/mol. The van der Waals surface area contributed by atoms with Crippen LogP contribution in [-0.4, -0.2) is 0 Å². The van der Waals surface area contributed by atoms with Gasteiger partial charge in [0.1, 0.15) is 0 Å². The molecule has 0 bridgehead atoms. The summed E-state index contributed by atoms with van der Waals surface area (Å²) in [6.07, 6.45) is 9.47. The molecule has 28 heavy (non-hydrogen) atoms. The minimum Gasteiger partial charge on any atom is -0.356 e. The van der Waals surface area contributed by atoms with Crippen LogP contribution in [0.5, 0.6) is 0 Å². The Kier molecular flexibility index (Phi) is 5.37. The van der Waals surface area contributed by atoms with E-state index in [0.717, 1.165) is 22.5 Å². The Bertz CT molecular complexity index is 1010. The highest BCUT2D eigenvalue weighted by Crippen LogP contribution is 2.47. The van der Waals surface area contributed by atoms with Gasteiger partial charge in [-0.1, -0.05) is 88.7 Å². The molecule has 0 aromatic heterocycles. The standard InChI is InChI=1S/C27H27N/c1-7-11-19(8-2)20-12-14-21(15-13-20)28-22-16-17-24-23(9-3)25(10-4)27(5,6)26(24)18-22/h7-18,28H,1-4H2,5-6H3/b19-11+. The SMILES string of the molecule is C=C/C=C(\C=C)c1ccc(Nc2ccc3c(c2)C(C)(C)C(C=C)=C3C=C)cc1. The van der Waals surface area contributed by atoms with Crippen LogP contribution in [0.2, 0.25) is 0 Å². The predicted octanol–water partition coefficient (Wildman–Crippen LogP) is 7.60. The van der Waals surface area contributed by atoms with E-state index in [4.69, 9.17) is 0 Å². The topological polar surface area (TPSA) is 12.0 Å². The van der Waals surface area contributed by atoms with Gasteiger partial charge in [0, 0.05) is 16.8 Å². The van der Waals surface area contributed by atoms with E-state index in [9.17, 15) is 0 Å². The van der Waals surface area contributed by atoms with Crippen molar-refractivity contribution < 1.29 is 0 Å². The summed E-state index contributed by atoms with van der Waals surface area (Å²) < 4.78 is 0. The molecule has 2 aromatic carbocycles. The van der Waals surface area contributed by atoms with Crippen LogP contribution in [0.15, 0.2) is 105 Å². The van der Waals surface area contributed by atoms with Crippen molar-refractivity contribution in [3.63, 3.8) is 0 Å². The molecule has 1 N–H and O–H groups in total. The molecule has 1 heteroatoms. The Morgan fingerprint density at radius 1 is 0.893 bits per heavy atom. The van der Waals surface area contributed by atoms with Gasteiger partial charge in [-0.15, -0.1) is 0 Å². The Hall–Kier alpha value is -3.32. The minimum atomic E-state index is -0.0868. The third kappa shape index (κ3) is 3.32. The zero-order valence-corrected chi connectivity index (χ0v) is 16.8. The maximum atomic E-state index is 4.01. The highest BCUT2D eigenvalue weighted by atomic mass is 14.9. The number of anilines is 2. The quantitative estimate of drug-likeness (QED) is 0.498. The van der Waals surface area contributed by atoms with E-state index in [0.29, 0.717) is 0 Å². The van der Waals surface area contributed by atoms with Gasteiger partial charge in [-0.2, -0.15) is 0 Å². The number of allylic oxidation sites excluding steroid dienone is 8. The van der Waals surface area contributed by atoms with Crippen molar-refractivity contribution in [2.45, 2.75) is 19.3 Å². The van der Waals surface area contributed by atoms with Crippen molar-refractivity contribution in [2.24, 2.45) is 0 Å². The van der Waals surface area contributed by atoms with Gasteiger partial charge in [0.15, 0.2) is 0 Å². The molecular formula is C27H27N. The first-order valence-electron chi connectivity index (χ1n) is 9.43. The van der Waals surface area contributed by atoms with E-state index < -0.39 is 0 Å². The molecule has 140 valence electrons. The zero-order chi connectivity index (χ0) is 20.3. The van der Waals surface area contributed by atoms with Crippen LogP contribution in [0.25, 0.3) is 11.1 Å². The molecule has 1 nitrogen and oxygen atoms in total. The molecule has 0 atom stereocenters. The smallest absolute Gasteiger partial charge is 0.0387 e. The van der Waals surface area contributed by atoms with Crippen LogP contribution in [0, 0.1) is 0 Å². The third-order valence-corrected chi connectivity index (χ3v) is 5.38. The van der Waals surface area contributed by atoms with Gasteiger partial charge in [0.2, 0.25) is 0 Å². The van der Waals surface area contributed by atoms with E-state index >= 15 is 0 Å². The third-order valence-electron chi connectivity index (χ3n) is 5.38. The summed E-state index contributed by atoms with van der Waals surface area (Å²) in [7, 11) is 0. The molecular weight excluding hydrogens is 338 g/mol. The van der Waals surface area contributed by atoms with Crippen LogP contribution in [0.3, 0.4) is 0 Å². The Morgan fingerprint density at radius 3 is 2.14 bits per heavy atom. The maximum Gasteiger partial charge on any atom is 0.0387 e. The Morgan fingerprint density at radius 2 is 1.57 bits per heavy atom. The largest absolute Gasteiger partial charge is 0.356 e. The van der Waals surface area contributed by atoms with Crippen molar-refractivity contribution in [2.75, 3.05) is 5.32 Å². The van der Waals surface area contributed by atoms with Crippen LogP contribution in [0.4, 0.5) is 11.4 Å². The zero-order valence-electron chi connectivity index (χ0n) is 16.8. The molecule has 0 amide bonds. The lowest BCUT2D eigenvalue weighted by Gasteiger charge is -2.23. The maximum absolute atomic E-state index is 4.01. The van der Waals surface area contributed by atoms with Gasteiger partial charge in [-0.3, -0.25) is 0 Å². The first-order chi connectivity index (χ1) is 13.5. The highest BCUT2D eigenvalue weighted by Gasteiger charge is 2.35. The second-order valence-corrected chi connectivity index (χ2v) is 7.39. The molecule has 2 aromatic rings. The molecule has 0 spiro atoms. The van der Waals surface area contributed by atoms with E-state index in [2.05, 4.69) is 87.9 Å². The summed E-state index contributed by atoms with van der Waals surface area (Å²) in [6, 6.07) is 14.9. The average Bonchev–Trinajstić information content (AvgIpc) is 2.92. The van der Waals surface area contributed by atoms with Gasteiger partial charge >= 0.3 is 0 Å². The first kappa shape index (κ1) is 19.4. The molecule has 0 saturated heterocycles. The number of benzene rings is 2. The van der Waals surface area contributed by atoms with Crippen molar-refractivity contribution in [3.8, 4) is 0 Å². The van der Waals surface area contributed by atoms with E-state index in [1.807, 2.05) is 24.3 Å². The van der Waals surface area contributed by atoms with Gasteiger partial charge in [0.25, 0.3) is 0 Å². The number of fused-ring (bicyclic) bond motifs is 1. The van der Waals surface area contributed by atoms with E-state index in [-0.39, 0.29) is 5.41 Å². The number of nitrogens with one attached hydrogen (secondary N) is 1. The molecule has 1 aliphatic carbocycles. The van der Waals surface area contributed by atoms with Crippen molar-refractivity contribution in [1.29, 1.82) is 0 Å². The lowest BCUT2D eigenvalue weighted by atomic mass is 9.81. The normalized spacial score (nSPS) is 15.0. The number of hydrogen-bond acceptors (Lipinski definition) is 1. The molecule has 0 saturated carbocycles. The lowest BCUT2D eigenvalue weighted by molar-refractivity contribution is 0.655. The Labute approximate surface area is 168 Å². The van der Waals surface area contributed by atoms with Crippen LogP contribution in [0.1, 0.15) is 30.5 Å². The van der Waals surface area contributed by atoms with Gasteiger partial charge in [-0.25, -0.2) is 0 Å². The highest BCUT2D eigenvalue weighted by molar-refractivity contribution is 5.88. The van der Waals surface area contributed by atoms with E-state index in [1.54, 1.807) is 6.08 Å². The van der Waals surface area contributed by atoms with Crippen LogP contribution < -0.4 is 5.32 Å². The lowest BCUT2D eigenvalue weighted by Crippen LogP contribution is -2.16. The van der Waals surface area contributed by atoms with E-state index in [1.165, 1.54) is 22.3 Å². The van der Waals surface area contributed by atoms with Crippen LogP contribution >= 0.6 is 0 Å². The summed E-state index contributed by atoms with van der Waals surface area (Å²) in [5.74, 6) is 0. The van der Waals surface area contributed by atoms with Crippen molar-refractivity contribution >= 4 is 22.5 Å². The molecule has 0 aliphatic heterocycles.